The lowest BCUT2D eigenvalue weighted by Crippen LogP contribution is -2.68. The Morgan fingerprint density at radius 2 is 2.09 bits per heavy atom. The average molecular weight is 342 g/mol. The van der Waals surface area contributed by atoms with Gasteiger partial charge in [0.25, 0.3) is 0 Å². The fraction of sp³-hybridized carbons (Fsp3) is 0.500. The number of fused-ring (bicyclic) bond motifs is 1. The van der Waals surface area contributed by atoms with Gasteiger partial charge in [-0.15, -0.1) is 11.8 Å². The number of allylic oxidation sites excluding steroid dienone is 1. The number of β-lactam (4-membered cyclic amide) rings is 1. The summed E-state index contributed by atoms with van der Waals surface area (Å²) in [6, 6.07) is -0.647. The molecule has 0 spiro atoms. The van der Waals surface area contributed by atoms with Crippen LogP contribution < -0.4 is 5.73 Å². The zero-order valence-electron chi connectivity index (χ0n) is 12.9. The molecule has 0 saturated carbocycles. The Morgan fingerprint density at radius 1 is 1.43 bits per heavy atom. The Labute approximate surface area is 137 Å². The number of likely N-dealkylation sites (N-methyl/N-ethyl adjacent to an activating group) is 1. The summed E-state index contributed by atoms with van der Waals surface area (Å²) in [5, 5.41) is 17.9. The van der Waals surface area contributed by atoms with Gasteiger partial charge in [0.1, 0.15) is 17.1 Å². The molecule has 2 aliphatic heterocycles. The molecule has 8 nitrogen and oxygen atoms in total. The lowest BCUT2D eigenvalue weighted by molar-refractivity contribution is -0.877. The van der Waals surface area contributed by atoms with Crippen molar-refractivity contribution in [1.29, 1.82) is 0 Å². The zero-order valence-corrected chi connectivity index (χ0v) is 13.7. The quantitative estimate of drug-likeness (QED) is 0.430. The minimum absolute atomic E-state index is 0.0276. The number of aliphatic carboxylic acids is 2. The van der Waals surface area contributed by atoms with Crippen molar-refractivity contribution in [1.82, 2.24) is 4.90 Å². The number of carboxylic acids is 2. The van der Waals surface area contributed by atoms with E-state index in [1.54, 1.807) is 26.2 Å². The maximum Gasteiger partial charge on any atom is 0.359 e. The minimum Gasteiger partial charge on any atom is -0.477 e. The van der Waals surface area contributed by atoms with Gasteiger partial charge >= 0.3 is 11.9 Å². The number of carbonyl (C=O) groups excluding carboxylic acids is 1. The summed E-state index contributed by atoms with van der Waals surface area (Å²) in [6.45, 7) is 0.399. The Bertz CT molecular complexity index is 614. The van der Waals surface area contributed by atoms with Crippen molar-refractivity contribution in [3.8, 4) is 0 Å². The van der Waals surface area contributed by atoms with Gasteiger partial charge in [0.2, 0.25) is 5.91 Å². The highest BCUT2D eigenvalue weighted by molar-refractivity contribution is 8.00. The third-order valence-electron chi connectivity index (χ3n) is 3.72. The Kier molecular flexibility index (Phi) is 4.83. The van der Waals surface area contributed by atoms with E-state index in [0.717, 1.165) is 0 Å². The zero-order chi connectivity index (χ0) is 17.4. The van der Waals surface area contributed by atoms with E-state index in [4.69, 9.17) is 10.8 Å². The van der Waals surface area contributed by atoms with E-state index < -0.39 is 18.0 Å². The van der Waals surface area contributed by atoms with Gasteiger partial charge in [-0.05, 0) is 11.6 Å². The summed E-state index contributed by atoms with van der Waals surface area (Å²) in [7, 11) is 3.54. The van der Waals surface area contributed by atoms with Crippen molar-refractivity contribution >= 4 is 29.6 Å². The summed E-state index contributed by atoms with van der Waals surface area (Å²) in [5.41, 5.74) is 6.19. The maximum absolute atomic E-state index is 11.8. The van der Waals surface area contributed by atoms with Crippen molar-refractivity contribution in [3.63, 3.8) is 0 Å². The largest absolute Gasteiger partial charge is 0.477 e. The molecule has 0 aromatic carbocycles. The van der Waals surface area contributed by atoms with Crippen LogP contribution in [-0.2, 0) is 14.4 Å². The van der Waals surface area contributed by atoms with Gasteiger partial charge in [0.05, 0.1) is 20.6 Å². The first-order valence-corrected chi connectivity index (χ1v) is 8.06. The van der Waals surface area contributed by atoms with Crippen LogP contribution in [0.15, 0.2) is 23.4 Å². The molecule has 4 N–H and O–H groups in total. The van der Waals surface area contributed by atoms with Crippen LogP contribution in [0.3, 0.4) is 0 Å². The monoisotopic (exact) mass is 342 g/mol. The van der Waals surface area contributed by atoms with Crippen molar-refractivity contribution in [3.05, 3.63) is 23.4 Å². The van der Waals surface area contributed by atoms with Gasteiger partial charge in [-0.1, -0.05) is 6.08 Å². The first kappa shape index (κ1) is 17.5. The molecule has 0 radical (unpaired) electrons. The SMILES string of the molecule is C[N+](C)(C/C=C/C1=C(C(=O)O)N2C(=O)[C@@H](N)[C@H]2SC1)CC(=O)O. The molecule has 2 aliphatic rings. The number of hydrogen-bond acceptors (Lipinski definition) is 5. The number of nitrogens with zero attached hydrogens (tertiary/aromatic N) is 2. The van der Waals surface area contributed by atoms with Gasteiger partial charge in [-0.3, -0.25) is 9.69 Å². The van der Waals surface area contributed by atoms with Crippen LogP contribution in [0.2, 0.25) is 0 Å². The Balaban J connectivity index is 2.16. The van der Waals surface area contributed by atoms with Crippen LogP contribution in [0.5, 0.6) is 0 Å². The molecular formula is C14H20N3O5S+. The Morgan fingerprint density at radius 3 is 2.65 bits per heavy atom. The smallest absolute Gasteiger partial charge is 0.359 e. The number of hydrogen-bond donors (Lipinski definition) is 3. The van der Waals surface area contributed by atoms with Crippen LogP contribution in [0.1, 0.15) is 0 Å². The molecule has 9 heteroatoms. The number of nitrogens with two attached hydrogens (primary N) is 1. The molecule has 0 bridgehead atoms. The molecule has 0 unspecified atom stereocenters. The molecule has 0 aliphatic carbocycles. The van der Waals surface area contributed by atoms with E-state index in [-0.39, 0.29) is 28.0 Å². The van der Waals surface area contributed by atoms with Gasteiger partial charge in [-0.25, -0.2) is 9.59 Å². The third-order valence-corrected chi connectivity index (χ3v) is 5.05. The summed E-state index contributed by atoms with van der Waals surface area (Å²) in [4.78, 5) is 35.3. The normalized spacial score (nSPS) is 24.7. The molecule has 23 heavy (non-hydrogen) atoms. The van der Waals surface area contributed by atoms with Crippen LogP contribution >= 0.6 is 11.8 Å². The summed E-state index contributed by atoms with van der Waals surface area (Å²) < 4.78 is 0.241. The van der Waals surface area contributed by atoms with Crippen LogP contribution in [0, 0.1) is 0 Å². The maximum atomic E-state index is 11.8. The standard InChI is InChI=1S/C14H19N3O5S/c1-17(2,6-9(18)19)5-3-4-8-7-23-13-10(15)12(20)16(13)11(8)14(21)22/h3-4,10,13H,5-7,15H2,1-2H3,(H-,18,19,21,22)/p+1/b4-3+/t10-,13-/m1/s1. The molecule has 0 aromatic heterocycles. The van der Waals surface area contributed by atoms with E-state index in [1.165, 1.54) is 16.7 Å². The second kappa shape index (κ2) is 6.34. The predicted octanol–water partition coefficient (Wildman–Crippen LogP) is -0.715. The van der Waals surface area contributed by atoms with Gasteiger partial charge in [0, 0.05) is 5.75 Å². The second-order valence-electron chi connectivity index (χ2n) is 6.19. The predicted molar refractivity (Wildman–Crippen MR) is 84.3 cm³/mol. The fourth-order valence-corrected chi connectivity index (χ4v) is 3.84. The Hall–Kier alpha value is -1.84. The first-order chi connectivity index (χ1) is 10.6. The van der Waals surface area contributed by atoms with Gasteiger partial charge in [0.15, 0.2) is 6.54 Å². The molecular weight excluding hydrogens is 322 g/mol. The van der Waals surface area contributed by atoms with Crippen molar-refractivity contribution < 1.29 is 29.1 Å². The minimum atomic E-state index is -1.16. The van der Waals surface area contributed by atoms with Crippen LogP contribution in [-0.4, -0.2) is 81.8 Å². The molecule has 1 fully saturated rings. The molecule has 126 valence electrons. The number of amides is 1. The highest BCUT2D eigenvalue weighted by Gasteiger charge is 2.51. The fourth-order valence-electron chi connectivity index (χ4n) is 2.58. The lowest BCUT2D eigenvalue weighted by atomic mass is 10.0. The van der Waals surface area contributed by atoms with Gasteiger partial charge in [-0.2, -0.15) is 0 Å². The van der Waals surface area contributed by atoms with Crippen molar-refractivity contribution in [2.24, 2.45) is 5.73 Å². The third kappa shape index (κ3) is 3.57. The van der Waals surface area contributed by atoms with E-state index in [1.807, 2.05) is 0 Å². The number of carboxylic acid groups (broad SMARTS) is 2. The van der Waals surface area contributed by atoms with E-state index >= 15 is 0 Å². The second-order valence-corrected chi connectivity index (χ2v) is 7.29. The summed E-state index contributed by atoms with van der Waals surface area (Å²) in [5.74, 6) is -1.99. The average Bonchev–Trinajstić information content (AvgIpc) is 2.43. The van der Waals surface area contributed by atoms with E-state index in [0.29, 0.717) is 17.9 Å². The highest BCUT2D eigenvalue weighted by atomic mass is 32.2. The molecule has 0 aromatic rings. The topological polar surface area (TPSA) is 121 Å². The number of rotatable bonds is 6. The van der Waals surface area contributed by atoms with E-state index in [9.17, 15) is 19.5 Å². The molecule has 1 saturated heterocycles. The van der Waals surface area contributed by atoms with Crippen molar-refractivity contribution in [2.75, 3.05) is 32.9 Å². The van der Waals surface area contributed by atoms with Crippen molar-refractivity contribution in [2.45, 2.75) is 11.4 Å². The molecule has 2 atom stereocenters. The number of quaternary nitrogens is 1. The summed E-state index contributed by atoms with van der Waals surface area (Å²) >= 11 is 1.43. The van der Waals surface area contributed by atoms with Crippen LogP contribution in [0.4, 0.5) is 0 Å². The molecule has 2 rings (SSSR count). The van der Waals surface area contributed by atoms with Crippen LogP contribution in [0.25, 0.3) is 0 Å². The first-order valence-electron chi connectivity index (χ1n) is 7.01. The molecule has 1 amide bonds. The van der Waals surface area contributed by atoms with E-state index in [2.05, 4.69) is 0 Å². The lowest BCUT2D eigenvalue weighted by Gasteiger charge is -2.47. The molecule has 2 heterocycles. The van der Waals surface area contributed by atoms with Gasteiger partial charge < -0.3 is 20.4 Å². The number of thioether (sulfide) groups is 1. The summed E-state index contributed by atoms with van der Waals surface area (Å²) in [6.07, 6.45) is 3.40. The highest BCUT2D eigenvalue weighted by Crippen LogP contribution is 2.39. The number of carbonyl (C=O) groups is 3.